The lowest BCUT2D eigenvalue weighted by molar-refractivity contribution is 0.161. The molecule has 0 fully saturated rings. The van der Waals surface area contributed by atoms with Crippen molar-refractivity contribution < 1.29 is 5.11 Å². The maximum Gasteiger partial charge on any atom is 0.0580 e. The Kier molecular flexibility index (Phi) is 5.61. The van der Waals surface area contributed by atoms with E-state index in [1.54, 1.807) is 0 Å². The number of aliphatic hydroxyl groups is 1. The smallest absolute Gasteiger partial charge is 0.0580 e. The summed E-state index contributed by atoms with van der Waals surface area (Å²) in [4.78, 5) is 0. The summed E-state index contributed by atoms with van der Waals surface area (Å²) in [6.07, 6.45) is 3.77. The first kappa shape index (κ1) is 16.2. The summed E-state index contributed by atoms with van der Waals surface area (Å²) >= 11 is 0. The lowest BCUT2D eigenvalue weighted by atomic mass is 9.83. The van der Waals surface area contributed by atoms with Crippen LogP contribution < -0.4 is 0 Å². The molecule has 19 heavy (non-hydrogen) atoms. The molecule has 1 atom stereocenters. The maximum absolute atomic E-state index is 10.1. The van der Waals surface area contributed by atoms with Crippen molar-refractivity contribution in [1.29, 1.82) is 0 Å². The Labute approximate surface area is 119 Å². The Hall–Kier alpha value is -0.820. The van der Waals surface area contributed by atoms with E-state index in [1.807, 2.05) is 0 Å². The van der Waals surface area contributed by atoms with Crippen LogP contribution in [-0.2, 0) is 11.8 Å². The average molecular weight is 262 g/mol. The number of unbranched alkanes of at least 4 members (excludes halogenated alkanes) is 1. The third-order valence-electron chi connectivity index (χ3n) is 3.89. The Morgan fingerprint density at radius 3 is 2.05 bits per heavy atom. The van der Waals surface area contributed by atoms with Crippen LogP contribution in [0.2, 0.25) is 0 Å². The number of hydrogen-bond donors (Lipinski definition) is 1. The van der Waals surface area contributed by atoms with E-state index in [9.17, 15) is 5.11 Å². The minimum absolute atomic E-state index is 0.189. The summed E-state index contributed by atoms with van der Waals surface area (Å²) in [6, 6.07) is 4.57. The van der Waals surface area contributed by atoms with Crippen LogP contribution in [0.4, 0.5) is 0 Å². The molecule has 0 aliphatic heterocycles. The van der Waals surface area contributed by atoms with E-state index in [1.165, 1.54) is 22.3 Å². The zero-order chi connectivity index (χ0) is 14.6. The van der Waals surface area contributed by atoms with Crippen molar-refractivity contribution in [2.75, 3.05) is 0 Å². The molecular weight excluding hydrogens is 232 g/mol. The summed E-state index contributed by atoms with van der Waals surface area (Å²) in [6.45, 7) is 13.3. The van der Waals surface area contributed by atoms with Crippen LogP contribution >= 0.6 is 0 Å². The molecule has 1 N–H and O–H groups in total. The minimum Gasteiger partial charge on any atom is -0.393 e. The molecule has 108 valence electrons. The lowest BCUT2D eigenvalue weighted by Gasteiger charge is -2.23. The van der Waals surface area contributed by atoms with Crippen LogP contribution in [0, 0.1) is 13.8 Å². The van der Waals surface area contributed by atoms with Crippen molar-refractivity contribution in [1.82, 2.24) is 0 Å². The van der Waals surface area contributed by atoms with Gasteiger partial charge in [-0.1, -0.05) is 52.7 Å². The van der Waals surface area contributed by atoms with E-state index < -0.39 is 0 Å². The largest absolute Gasteiger partial charge is 0.393 e. The molecule has 0 aliphatic carbocycles. The van der Waals surface area contributed by atoms with Crippen LogP contribution in [0.5, 0.6) is 0 Å². The molecule has 0 saturated heterocycles. The first-order valence-corrected chi connectivity index (χ1v) is 7.54. The second-order valence-electron chi connectivity index (χ2n) is 6.84. The third kappa shape index (κ3) is 4.65. The number of hydrogen-bond acceptors (Lipinski definition) is 1. The molecule has 0 aromatic heterocycles. The second kappa shape index (κ2) is 6.56. The van der Waals surface area contributed by atoms with Crippen molar-refractivity contribution in [3.63, 3.8) is 0 Å². The number of aryl methyl sites for hydroxylation is 2. The highest BCUT2D eigenvalue weighted by Gasteiger charge is 2.17. The van der Waals surface area contributed by atoms with E-state index in [-0.39, 0.29) is 11.5 Å². The van der Waals surface area contributed by atoms with Gasteiger partial charge in [0.2, 0.25) is 0 Å². The van der Waals surface area contributed by atoms with E-state index in [0.717, 1.165) is 25.7 Å². The van der Waals surface area contributed by atoms with Crippen LogP contribution in [-0.4, -0.2) is 11.2 Å². The summed E-state index contributed by atoms with van der Waals surface area (Å²) in [5, 5.41) is 10.1. The highest BCUT2D eigenvalue weighted by atomic mass is 16.3. The quantitative estimate of drug-likeness (QED) is 0.816. The summed E-state index contributed by atoms with van der Waals surface area (Å²) < 4.78 is 0. The van der Waals surface area contributed by atoms with Gasteiger partial charge in [-0.2, -0.15) is 0 Å². The molecule has 1 rings (SSSR count). The van der Waals surface area contributed by atoms with Gasteiger partial charge in [0.1, 0.15) is 0 Å². The molecule has 1 aromatic carbocycles. The Morgan fingerprint density at radius 2 is 1.63 bits per heavy atom. The van der Waals surface area contributed by atoms with E-state index >= 15 is 0 Å². The first-order valence-electron chi connectivity index (χ1n) is 7.54. The lowest BCUT2D eigenvalue weighted by Crippen LogP contribution is -2.15. The van der Waals surface area contributed by atoms with Crippen molar-refractivity contribution in [2.24, 2.45) is 0 Å². The molecule has 0 heterocycles. The molecule has 1 aromatic rings. The minimum atomic E-state index is -0.196. The SMILES string of the molecule is CCCCC(O)Cc1c(C)cc(C(C)(C)C)cc1C. The monoisotopic (exact) mass is 262 g/mol. The van der Waals surface area contributed by atoms with Gasteiger partial charge >= 0.3 is 0 Å². The van der Waals surface area contributed by atoms with Gasteiger partial charge in [-0.25, -0.2) is 0 Å². The van der Waals surface area contributed by atoms with Gasteiger partial charge in [-0.15, -0.1) is 0 Å². The average Bonchev–Trinajstić information content (AvgIpc) is 2.29. The molecule has 0 aliphatic rings. The van der Waals surface area contributed by atoms with Crippen molar-refractivity contribution >= 4 is 0 Å². The first-order chi connectivity index (χ1) is 8.75. The fraction of sp³-hybridized carbons (Fsp3) is 0.667. The van der Waals surface area contributed by atoms with Gasteiger partial charge < -0.3 is 5.11 Å². The summed E-state index contributed by atoms with van der Waals surface area (Å²) in [7, 11) is 0. The number of aliphatic hydroxyl groups excluding tert-OH is 1. The maximum atomic E-state index is 10.1. The van der Waals surface area contributed by atoms with Gasteiger partial charge in [-0.05, 0) is 54.4 Å². The van der Waals surface area contributed by atoms with Crippen LogP contribution in [0.1, 0.15) is 69.2 Å². The second-order valence-corrected chi connectivity index (χ2v) is 6.84. The Balaban J connectivity index is 2.92. The Bertz CT molecular complexity index is 389. The van der Waals surface area contributed by atoms with Gasteiger partial charge in [-0.3, -0.25) is 0 Å². The number of rotatable bonds is 5. The standard InChI is InChI=1S/C18H30O/c1-7-8-9-16(19)12-17-13(2)10-15(11-14(17)3)18(4,5)6/h10-11,16,19H,7-9,12H2,1-6H3. The molecule has 1 nitrogen and oxygen atoms in total. The molecule has 0 saturated carbocycles. The molecule has 1 heteroatoms. The molecule has 0 bridgehead atoms. The Morgan fingerprint density at radius 1 is 1.11 bits per heavy atom. The van der Waals surface area contributed by atoms with E-state index in [4.69, 9.17) is 0 Å². The van der Waals surface area contributed by atoms with Crippen molar-refractivity contribution in [3.05, 3.63) is 34.4 Å². The zero-order valence-electron chi connectivity index (χ0n) is 13.5. The van der Waals surface area contributed by atoms with Gasteiger partial charge in [0.25, 0.3) is 0 Å². The van der Waals surface area contributed by atoms with Crippen molar-refractivity contribution in [2.45, 2.75) is 78.7 Å². The number of benzene rings is 1. The molecule has 1 unspecified atom stereocenters. The molecule has 0 radical (unpaired) electrons. The van der Waals surface area contributed by atoms with Crippen LogP contribution in [0.25, 0.3) is 0 Å². The molecule has 0 spiro atoms. The van der Waals surface area contributed by atoms with Crippen LogP contribution in [0.15, 0.2) is 12.1 Å². The van der Waals surface area contributed by atoms with E-state index in [0.29, 0.717) is 0 Å². The third-order valence-corrected chi connectivity index (χ3v) is 3.89. The predicted molar refractivity (Wildman–Crippen MR) is 83.9 cm³/mol. The topological polar surface area (TPSA) is 20.2 Å². The fourth-order valence-electron chi connectivity index (χ4n) is 2.53. The normalized spacial score (nSPS) is 13.6. The van der Waals surface area contributed by atoms with Gasteiger partial charge in [0, 0.05) is 0 Å². The molecule has 0 amide bonds. The van der Waals surface area contributed by atoms with Gasteiger partial charge in [0.05, 0.1) is 6.10 Å². The summed E-state index contributed by atoms with van der Waals surface area (Å²) in [5.74, 6) is 0. The fourth-order valence-corrected chi connectivity index (χ4v) is 2.53. The van der Waals surface area contributed by atoms with Crippen LogP contribution in [0.3, 0.4) is 0 Å². The van der Waals surface area contributed by atoms with E-state index in [2.05, 4.69) is 53.7 Å². The van der Waals surface area contributed by atoms with Gasteiger partial charge in [0.15, 0.2) is 0 Å². The molecular formula is C18H30O. The predicted octanol–water partition coefficient (Wildman–Crippen LogP) is 4.69. The van der Waals surface area contributed by atoms with Crippen molar-refractivity contribution in [3.8, 4) is 0 Å². The highest BCUT2D eigenvalue weighted by molar-refractivity contribution is 5.40. The zero-order valence-corrected chi connectivity index (χ0v) is 13.5. The highest BCUT2D eigenvalue weighted by Crippen LogP contribution is 2.27. The summed E-state index contributed by atoms with van der Waals surface area (Å²) in [5.41, 5.74) is 5.54.